The highest BCUT2D eigenvalue weighted by atomic mass is 16.4. The number of likely N-dealkylation sites (tertiary alicyclic amines) is 1. The highest BCUT2D eigenvalue weighted by Crippen LogP contribution is 2.16. The van der Waals surface area contributed by atoms with E-state index in [0.29, 0.717) is 5.92 Å². The lowest BCUT2D eigenvalue weighted by atomic mass is 9.99. The topological polar surface area (TPSA) is 69.6 Å². The fourth-order valence-corrected chi connectivity index (χ4v) is 2.28. The van der Waals surface area contributed by atoms with Crippen molar-refractivity contribution in [2.45, 2.75) is 46.1 Å². The fourth-order valence-electron chi connectivity index (χ4n) is 2.28. The van der Waals surface area contributed by atoms with Gasteiger partial charge in [-0.25, -0.2) is 9.59 Å². The molecule has 0 radical (unpaired) electrons. The number of carbonyl (C=O) groups excluding carboxylic acids is 1. The van der Waals surface area contributed by atoms with Gasteiger partial charge in [-0.1, -0.05) is 27.2 Å². The summed E-state index contributed by atoms with van der Waals surface area (Å²) in [5.41, 5.74) is 0. The summed E-state index contributed by atoms with van der Waals surface area (Å²) in [7, 11) is 0. The number of nitrogens with one attached hydrogen (secondary N) is 1. The molecular formula is C13H24N2O3. The molecule has 5 heteroatoms. The van der Waals surface area contributed by atoms with E-state index in [1.165, 1.54) is 0 Å². The molecule has 104 valence electrons. The van der Waals surface area contributed by atoms with Gasteiger partial charge < -0.3 is 15.3 Å². The molecule has 18 heavy (non-hydrogen) atoms. The number of carbonyl (C=O) groups is 2. The van der Waals surface area contributed by atoms with Gasteiger partial charge >= 0.3 is 12.0 Å². The minimum Gasteiger partial charge on any atom is -0.480 e. The number of nitrogens with zero attached hydrogens (tertiary/aromatic N) is 1. The van der Waals surface area contributed by atoms with Gasteiger partial charge in [0.25, 0.3) is 0 Å². The molecule has 0 aromatic carbocycles. The van der Waals surface area contributed by atoms with E-state index < -0.39 is 12.0 Å². The van der Waals surface area contributed by atoms with Gasteiger partial charge in [-0.05, 0) is 24.7 Å². The van der Waals surface area contributed by atoms with E-state index in [2.05, 4.69) is 12.2 Å². The number of hydrogen-bond acceptors (Lipinski definition) is 2. The lowest BCUT2D eigenvalue weighted by Crippen LogP contribution is -2.52. The second-order valence-electron chi connectivity index (χ2n) is 5.34. The first-order valence-electron chi connectivity index (χ1n) is 6.74. The van der Waals surface area contributed by atoms with Crippen LogP contribution in [0.2, 0.25) is 0 Å². The Morgan fingerprint density at radius 3 is 2.67 bits per heavy atom. The smallest absolute Gasteiger partial charge is 0.326 e. The van der Waals surface area contributed by atoms with E-state index in [0.717, 1.165) is 32.4 Å². The van der Waals surface area contributed by atoms with Crippen molar-refractivity contribution in [3.63, 3.8) is 0 Å². The number of rotatable bonds is 4. The number of aliphatic carboxylic acids is 1. The summed E-state index contributed by atoms with van der Waals surface area (Å²) in [5.74, 6) is -0.521. The van der Waals surface area contributed by atoms with E-state index in [-0.39, 0.29) is 11.9 Å². The summed E-state index contributed by atoms with van der Waals surface area (Å²) in [4.78, 5) is 24.9. The van der Waals surface area contributed by atoms with Crippen molar-refractivity contribution in [1.29, 1.82) is 0 Å². The zero-order chi connectivity index (χ0) is 13.7. The van der Waals surface area contributed by atoms with Gasteiger partial charge in [0.15, 0.2) is 0 Å². The van der Waals surface area contributed by atoms with Gasteiger partial charge in [0.05, 0.1) is 0 Å². The SMILES string of the molecule is CC[C@H](C)[C@H](NC(=O)N1CCCC(C)C1)C(=O)O. The van der Waals surface area contributed by atoms with Crippen molar-refractivity contribution in [2.75, 3.05) is 13.1 Å². The minimum absolute atomic E-state index is 0.0614. The van der Waals surface area contributed by atoms with Crippen molar-refractivity contribution in [2.24, 2.45) is 11.8 Å². The number of carboxylic acids is 1. The molecule has 1 aliphatic rings. The largest absolute Gasteiger partial charge is 0.480 e. The molecule has 0 saturated carbocycles. The van der Waals surface area contributed by atoms with Crippen molar-refractivity contribution < 1.29 is 14.7 Å². The maximum atomic E-state index is 12.0. The number of hydrogen-bond donors (Lipinski definition) is 2. The van der Waals surface area contributed by atoms with E-state index in [9.17, 15) is 9.59 Å². The Hall–Kier alpha value is -1.26. The van der Waals surface area contributed by atoms with Crippen molar-refractivity contribution in [3.05, 3.63) is 0 Å². The Morgan fingerprint density at radius 1 is 1.50 bits per heavy atom. The van der Waals surface area contributed by atoms with Crippen LogP contribution in [-0.2, 0) is 4.79 Å². The summed E-state index contributed by atoms with van der Waals surface area (Å²) < 4.78 is 0. The Bertz CT molecular complexity index is 307. The van der Waals surface area contributed by atoms with Crippen LogP contribution in [0.3, 0.4) is 0 Å². The number of amides is 2. The first-order chi connectivity index (χ1) is 8.45. The van der Waals surface area contributed by atoms with Gasteiger partial charge in [0.1, 0.15) is 6.04 Å². The predicted molar refractivity (Wildman–Crippen MR) is 69.4 cm³/mol. The maximum Gasteiger partial charge on any atom is 0.326 e. The molecule has 3 atom stereocenters. The second-order valence-corrected chi connectivity index (χ2v) is 5.34. The van der Waals surface area contributed by atoms with Crippen LogP contribution in [0.1, 0.15) is 40.0 Å². The molecule has 1 fully saturated rings. The van der Waals surface area contributed by atoms with Crippen LogP contribution in [0.4, 0.5) is 4.79 Å². The Labute approximate surface area is 109 Å². The molecule has 1 unspecified atom stereocenters. The van der Waals surface area contributed by atoms with Crippen LogP contribution in [-0.4, -0.2) is 41.1 Å². The van der Waals surface area contributed by atoms with Gasteiger partial charge in [0.2, 0.25) is 0 Å². The van der Waals surface area contributed by atoms with E-state index in [1.807, 2.05) is 13.8 Å². The molecular weight excluding hydrogens is 232 g/mol. The number of urea groups is 1. The highest BCUT2D eigenvalue weighted by Gasteiger charge is 2.28. The van der Waals surface area contributed by atoms with Crippen LogP contribution in [0.15, 0.2) is 0 Å². The van der Waals surface area contributed by atoms with Gasteiger partial charge in [0, 0.05) is 13.1 Å². The van der Waals surface area contributed by atoms with Crippen LogP contribution in [0.5, 0.6) is 0 Å². The molecule has 0 spiro atoms. The predicted octanol–water partition coefficient (Wildman–Crippen LogP) is 1.93. The Kier molecular flexibility index (Phi) is 5.44. The van der Waals surface area contributed by atoms with Crippen LogP contribution in [0.25, 0.3) is 0 Å². The third-order valence-electron chi connectivity index (χ3n) is 3.70. The molecule has 1 rings (SSSR count). The van der Waals surface area contributed by atoms with E-state index in [1.54, 1.807) is 4.90 Å². The lowest BCUT2D eigenvalue weighted by molar-refractivity contribution is -0.140. The fraction of sp³-hybridized carbons (Fsp3) is 0.846. The zero-order valence-corrected chi connectivity index (χ0v) is 11.5. The lowest BCUT2D eigenvalue weighted by Gasteiger charge is -2.32. The molecule has 1 saturated heterocycles. The zero-order valence-electron chi connectivity index (χ0n) is 11.5. The average molecular weight is 256 g/mol. The van der Waals surface area contributed by atoms with Crippen molar-refractivity contribution in [3.8, 4) is 0 Å². The van der Waals surface area contributed by atoms with Gasteiger partial charge in [-0.2, -0.15) is 0 Å². The van der Waals surface area contributed by atoms with Gasteiger partial charge in [-0.15, -0.1) is 0 Å². The molecule has 2 amide bonds. The Balaban J connectivity index is 2.58. The maximum absolute atomic E-state index is 12.0. The van der Waals surface area contributed by atoms with Crippen molar-refractivity contribution >= 4 is 12.0 Å². The summed E-state index contributed by atoms with van der Waals surface area (Å²) in [5, 5.41) is 11.8. The Morgan fingerprint density at radius 2 is 2.17 bits per heavy atom. The average Bonchev–Trinajstić information content (AvgIpc) is 2.34. The van der Waals surface area contributed by atoms with E-state index in [4.69, 9.17) is 5.11 Å². The number of piperidine rings is 1. The molecule has 1 heterocycles. The van der Waals surface area contributed by atoms with Crippen LogP contribution < -0.4 is 5.32 Å². The number of carboxylic acid groups (broad SMARTS) is 1. The summed E-state index contributed by atoms with van der Waals surface area (Å²) in [6.07, 6.45) is 2.86. The van der Waals surface area contributed by atoms with Crippen LogP contribution >= 0.6 is 0 Å². The van der Waals surface area contributed by atoms with Gasteiger partial charge in [-0.3, -0.25) is 0 Å². The molecule has 1 aliphatic heterocycles. The first kappa shape index (κ1) is 14.8. The standard InChI is InChI=1S/C13H24N2O3/c1-4-10(3)11(12(16)17)14-13(18)15-7-5-6-9(2)8-15/h9-11H,4-8H2,1-3H3,(H,14,18)(H,16,17)/t9?,10-,11-/m0/s1. The highest BCUT2D eigenvalue weighted by molar-refractivity contribution is 5.82. The van der Waals surface area contributed by atoms with Crippen LogP contribution in [0, 0.1) is 11.8 Å². The van der Waals surface area contributed by atoms with E-state index >= 15 is 0 Å². The summed E-state index contributed by atoms with van der Waals surface area (Å²) in [6, 6.07) is -1.03. The summed E-state index contributed by atoms with van der Waals surface area (Å²) in [6.45, 7) is 7.33. The third-order valence-corrected chi connectivity index (χ3v) is 3.70. The monoisotopic (exact) mass is 256 g/mol. The second kappa shape index (κ2) is 6.61. The van der Waals surface area contributed by atoms with Crippen molar-refractivity contribution in [1.82, 2.24) is 10.2 Å². The molecule has 2 N–H and O–H groups in total. The molecule has 0 bridgehead atoms. The molecule has 5 nitrogen and oxygen atoms in total. The summed E-state index contributed by atoms with van der Waals surface area (Å²) >= 11 is 0. The molecule has 0 aromatic heterocycles. The third kappa shape index (κ3) is 3.89. The normalized spacial score (nSPS) is 23.3. The first-order valence-corrected chi connectivity index (χ1v) is 6.74. The molecule has 0 aromatic rings. The molecule has 0 aliphatic carbocycles. The minimum atomic E-state index is -0.956. The quantitative estimate of drug-likeness (QED) is 0.807.